The number of hydrogen-bond donors (Lipinski definition) is 1. The van der Waals surface area contributed by atoms with E-state index in [-0.39, 0.29) is 0 Å². The molecule has 2 atom stereocenters. The predicted octanol–water partition coefficient (Wildman–Crippen LogP) is 3.32. The lowest BCUT2D eigenvalue weighted by Crippen LogP contribution is -2.31. The van der Waals surface area contributed by atoms with Gasteiger partial charge in [0, 0.05) is 11.1 Å². The Hall–Kier alpha value is -0.530. The van der Waals surface area contributed by atoms with Gasteiger partial charge in [0.25, 0.3) is 0 Å². The SMILES string of the molecule is N[C@@H]1CCCC[C@@H]1c1cccc(Cl)c1. The van der Waals surface area contributed by atoms with Crippen LogP contribution in [0.2, 0.25) is 5.02 Å². The van der Waals surface area contributed by atoms with E-state index in [1.165, 1.54) is 24.8 Å². The molecule has 2 heteroatoms. The highest BCUT2D eigenvalue weighted by Gasteiger charge is 2.23. The maximum Gasteiger partial charge on any atom is 0.0408 e. The Kier molecular flexibility index (Phi) is 3.09. The van der Waals surface area contributed by atoms with Crippen molar-refractivity contribution in [2.45, 2.75) is 37.6 Å². The maximum absolute atomic E-state index is 6.12. The van der Waals surface area contributed by atoms with Crippen LogP contribution in [0.4, 0.5) is 0 Å². The van der Waals surface area contributed by atoms with Gasteiger partial charge < -0.3 is 5.73 Å². The Bertz CT molecular complexity index is 311. The van der Waals surface area contributed by atoms with E-state index >= 15 is 0 Å². The molecule has 14 heavy (non-hydrogen) atoms. The first-order valence-electron chi connectivity index (χ1n) is 5.28. The van der Waals surface area contributed by atoms with Crippen molar-refractivity contribution in [2.24, 2.45) is 5.73 Å². The molecule has 1 saturated carbocycles. The van der Waals surface area contributed by atoms with Crippen molar-refractivity contribution in [1.29, 1.82) is 0 Å². The lowest BCUT2D eigenvalue weighted by Gasteiger charge is -2.28. The van der Waals surface area contributed by atoms with Gasteiger partial charge in [-0.05, 0) is 36.5 Å². The molecule has 76 valence electrons. The van der Waals surface area contributed by atoms with Crippen LogP contribution in [0.25, 0.3) is 0 Å². The summed E-state index contributed by atoms with van der Waals surface area (Å²) in [4.78, 5) is 0. The van der Waals surface area contributed by atoms with E-state index in [1.807, 2.05) is 12.1 Å². The second kappa shape index (κ2) is 4.33. The Balaban J connectivity index is 2.20. The molecule has 0 saturated heterocycles. The number of benzene rings is 1. The molecular formula is C12H16ClN. The van der Waals surface area contributed by atoms with E-state index in [2.05, 4.69) is 12.1 Å². The fourth-order valence-electron chi connectivity index (χ4n) is 2.31. The zero-order valence-electron chi connectivity index (χ0n) is 8.25. The van der Waals surface area contributed by atoms with E-state index < -0.39 is 0 Å². The molecule has 1 aliphatic rings. The number of hydrogen-bond acceptors (Lipinski definition) is 1. The normalized spacial score (nSPS) is 27.6. The van der Waals surface area contributed by atoms with Gasteiger partial charge in [-0.15, -0.1) is 0 Å². The van der Waals surface area contributed by atoms with Crippen LogP contribution in [0.1, 0.15) is 37.2 Å². The van der Waals surface area contributed by atoms with Gasteiger partial charge in [0.15, 0.2) is 0 Å². The maximum atomic E-state index is 6.12. The monoisotopic (exact) mass is 209 g/mol. The average Bonchev–Trinajstić information content (AvgIpc) is 2.18. The minimum absolute atomic E-state index is 0.321. The molecule has 0 amide bonds. The molecule has 0 radical (unpaired) electrons. The summed E-state index contributed by atoms with van der Waals surface area (Å²) in [6, 6.07) is 8.44. The third-order valence-corrected chi connectivity index (χ3v) is 3.33. The smallest absolute Gasteiger partial charge is 0.0408 e. The third-order valence-electron chi connectivity index (χ3n) is 3.10. The lowest BCUT2D eigenvalue weighted by atomic mass is 9.80. The number of nitrogens with two attached hydrogens (primary N) is 1. The summed E-state index contributed by atoms with van der Waals surface area (Å²) >= 11 is 5.97. The van der Waals surface area contributed by atoms with Gasteiger partial charge in [-0.25, -0.2) is 0 Å². The van der Waals surface area contributed by atoms with Gasteiger partial charge in [-0.3, -0.25) is 0 Å². The molecule has 0 spiro atoms. The molecule has 0 unspecified atom stereocenters. The second-order valence-electron chi connectivity index (χ2n) is 4.11. The van der Waals surface area contributed by atoms with Crippen molar-refractivity contribution in [1.82, 2.24) is 0 Å². The minimum Gasteiger partial charge on any atom is -0.327 e. The zero-order valence-corrected chi connectivity index (χ0v) is 9.00. The topological polar surface area (TPSA) is 26.0 Å². The van der Waals surface area contributed by atoms with Crippen LogP contribution in [0.5, 0.6) is 0 Å². The fourth-order valence-corrected chi connectivity index (χ4v) is 2.51. The van der Waals surface area contributed by atoms with E-state index in [0.717, 1.165) is 11.4 Å². The van der Waals surface area contributed by atoms with E-state index in [1.54, 1.807) is 0 Å². The lowest BCUT2D eigenvalue weighted by molar-refractivity contribution is 0.385. The highest BCUT2D eigenvalue weighted by Crippen LogP contribution is 2.32. The Labute approximate surface area is 90.3 Å². The van der Waals surface area contributed by atoms with Crippen molar-refractivity contribution < 1.29 is 0 Å². The summed E-state index contributed by atoms with van der Waals surface area (Å²) < 4.78 is 0. The summed E-state index contributed by atoms with van der Waals surface area (Å²) in [5.74, 6) is 0.516. The quantitative estimate of drug-likeness (QED) is 0.755. The highest BCUT2D eigenvalue weighted by atomic mass is 35.5. The van der Waals surface area contributed by atoms with Gasteiger partial charge in [-0.2, -0.15) is 0 Å². The summed E-state index contributed by atoms with van der Waals surface area (Å²) in [6.45, 7) is 0. The van der Waals surface area contributed by atoms with Crippen LogP contribution in [0.15, 0.2) is 24.3 Å². The molecule has 2 rings (SSSR count). The van der Waals surface area contributed by atoms with Crippen LogP contribution in [0.3, 0.4) is 0 Å². The molecule has 0 aromatic heterocycles. The minimum atomic E-state index is 0.321. The van der Waals surface area contributed by atoms with Crippen LogP contribution in [-0.4, -0.2) is 6.04 Å². The van der Waals surface area contributed by atoms with Gasteiger partial charge in [0.05, 0.1) is 0 Å². The first-order chi connectivity index (χ1) is 6.77. The van der Waals surface area contributed by atoms with Gasteiger partial charge in [-0.1, -0.05) is 36.6 Å². The first kappa shape index (κ1) is 10.0. The van der Waals surface area contributed by atoms with Crippen molar-refractivity contribution in [2.75, 3.05) is 0 Å². The molecule has 0 heterocycles. The van der Waals surface area contributed by atoms with Crippen LogP contribution in [-0.2, 0) is 0 Å². The summed E-state index contributed by atoms with van der Waals surface area (Å²) in [5.41, 5.74) is 7.43. The van der Waals surface area contributed by atoms with E-state index in [9.17, 15) is 0 Å². The molecule has 0 aliphatic heterocycles. The Morgan fingerprint density at radius 2 is 2.00 bits per heavy atom. The molecule has 1 fully saturated rings. The zero-order chi connectivity index (χ0) is 9.97. The van der Waals surface area contributed by atoms with E-state index in [4.69, 9.17) is 17.3 Å². The van der Waals surface area contributed by atoms with Gasteiger partial charge >= 0.3 is 0 Å². The van der Waals surface area contributed by atoms with E-state index in [0.29, 0.717) is 12.0 Å². The molecule has 1 nitrogen and oxygen atoms in total. The fraction of sp³-hybridized carbons (Fsp3) is 0.500. The molecular weight excluding hydrogens is 194 g/mol. The Morgan fingerprint density at radius 1 is 1.21 bits per heavy atom. The van der Waals surface area contributed by atoms with Crippen LogP contribution < -0.4 is 5.73 Å². The standard InChI is InChI=1S/C12H16ClN/c13-10-5-3-4-9(8-10)11-6-1-2-7-12(11)14/h3-5,8,11-12H,1-2,6-7,14H2/t11-,12-/m1/s1. The van der Waals surface area contributed by atoms with Crippen LogP contribution >= 0.6 is 11.6 Å². The molecule has 1 aromatic carbocycles. The van der Waals surface area contributed by atoms with Gasteiger partial charge in [0.2, 0.25) is 0 Å². The van der Waals surface area contributed by atoms with Crippen molar-refractivity contribution in [3.63, 3.8) is 0 Å². The summed E-state index contributed by atoms with van der Waals surface area (Å²) in [7, 11) is 0. The third kappa shape index (κ3) is 2.10. The predicted molar refractivity (Wildman–Crippen MR) is 60.6 cm³/mol. The number of halogens is 1. The van der Waals surface area contributed by atoms with Crippen molar-refractivity contribution in [3.05, 3.63) is 34.9 Å². The van der Waals surface area contributed by atoms with Gasteiger partial charge in [0.1, 0.15) is 0 Å². The number of rotatable bonds is 1. The summed E-state index contributed by atoms with van der Waals surface area (Å²) in [5, 5.41) is 0.820. The summed E-state index contributed by atoms with van der Waals surface area (Å²) in [6.07, 6.45) is 4.93. The van der Waals surface area contributed by atoms with Crippen LogP contribution in [0, 0.1) is 0 Å². The molecule has 1 aliphatic carbocycles. The largest absolute Gasteiger partial charge is 0.327 e. The first-order valence-corrected chi connectivity index (χ1v) is 5.66. The van der Waals surface area contributed by atoms with Crippen molar-refractivity contribution in [3.8, 4) is 0 Å². The van der Waals surface area contributed by atoms with Crippen molar-refractivity contribution >= 4 is 11.6 Å². The second-order valence-corrected chi connectivity index (χ2v) is 4.55. The Morgan fingerprint density at radius 3 is 2.71 bits per heavy atom. The molecule has 2 N–H and O–H groups in total. The average molecular weight is 210 g/mol. The highest BCUT2D eigenvalue weighted by molar-refractivity contribution is 6.30. The molecule has 1 aromatic rings. The molecule has 0 bridgehead atoms.